The minimum atomic E-state index is -0.0576. The first-order chi connectivity index (χ1) is 8.63. The molecule has 0 amide bonds. The predicted octanol–water partition coefficient (Wildman–Crippen LogP) is 3.25. The number of ether oxygens (including phenoxy) is 1. The zero-order chi connectivity index (χ0) is 13.1. The van der Waals surface area contributed by atoms with Crippen LogP contribution >= 0.6 is 0 Å². The Balaban J connectivity index is 2.42. The van der Waals surface area contributed by atoms with Gasteiger partial charge in [0.1, 0.15) is 5.75 Å². The fourth-order valence-electron chi connectivity index (χ4n) is 1.81. The van der Waals surface area contributed by atoms with Crippen molar-refractivity contribution in [2.45, 2.75) is 20.8 Å². The largest absolute Gasteiger partial charge is 0.494 e. The van der Waals surface area contributed by atoms with Crippen LogP contribution in [0.2, 0.25) is 0 Å². The number of nitrogens with zero attached hydrogens (tertiary/aromatic N) is 1. The first kappa shape index (κ1) is 12.4. The van der Waals surface area contributed by atoms with Crippen molar-refractivity contribution in [1.29, 1.82) is 0 Å². The lowest BCUT2D eigenvalue weighted by Crippen LogP contribution is -1.95. The van der Waals surface area contributed by atoms with E-state index in [1.807, 2.05) is 32.0 Å². The van der Waals surface area contributed by atoms with Gasteiger partial charge < -0.3 is 9.26 Å². The van der Waals surface area contributed by atoms with Crippen molar-refractivity contribution in [3.8, 4) is 17.1 Å². The molecule has 0 aliphatic rings. The Bertz CT molecular complexity index is 572. The lowest BCUT2D eigenvalue weighted by molar-refractivity contribution is 0.101. The number of hydrogen-bond donors (Lipinski definition) is 0. The van der Waals surface area contributed by atoms with Gasteiger partial charge in [-0.1, -0.05) is 5.16 Å². The molecule has 0 saturated carbocycles. The van der Waals surface area contributed by atoms with Crippen molar-refractivity contribution in [1.82, 2.24) is 5.16 Å². The Kier molecular flexibility index (Phi) is 3.46. The van der Waals surface area contributed by atoms with Gasteiger partial charge in [0.25, 0.3) is 0 Å². The van der Waals surface area contributed by atoms with Crippen molar-refractivity contribution in [2.75, 3.05) is 6.61 Å². The van der Waals surface area contributed by atoms with Crippen LogP contribution in [0.3, 0.4) is 0 Å². The average Bonchev–Trinajstić information content (AvgIpc) is 2.81. The minimum Gasteiger partial charge on any atom is -0.494 e. The molecule has 18 heavy (non-hydrogen) atoms. The van der Waals surface area contributed by atoms with E-state index in [4.69, 9.17) is 9.26 Å². The molecule has 1 aromatic heterocycles. The van der Waals surface area contributed by atoms with Crippen molar-refractivity contribution in [2.24, 2.45) is 0 Å². The highest BCUT2D eigenvalue weighted by atomic mass is 16.5. The molecule has 0 saturated heterocycles. The quantitative estimate of drug-likeness (QED) is 0.776. The monoisotopic (exact) mass is 245 g/mol. The molecular weight excluding hydrogens is 230 g/mol. The second-order valence-corrected chi connectivity index (χ2v) is 4.04. The Hall–Kier alpha value is -2.10. The van der Waals surface area contributed by atoms with E-state index in [1.54, 1.807) is 0 Å². The highest BCUT2D eigenvalue weighted by Crippen LogP contribution is 2.28. The van der Waals surface area contributed by atoms with Gasteiger partial charge in [0.15, 0.2) is 11.5 Å². The third-order valence-electron chi connectivity index (χ3n) is 2.69. The summed E-state index contributed by atoms with van der Waals surface area (Å²) in [5, 5.41) is 3.68. The van der Waals surface area contributed by atoms with Crippen LogP contribution in [-0.2, 0) is 0 Å². The third kappa shape index (κ3) is 2.27. The van der Waals surface area contributed by atoms with Gasteiger partial charge in [-0.2, -0.15) is 0 Å². The van der Waals surface area contributed by atoms with Crippen LogP contribution in [0.25, 0.3) is 11.3 Å². The van der Waals surface area contributed by atoms with Gasteiger partial charge in [0, 0.05) is 5.56 Å². The topological polar surface area (TPSA) is 52.3 Å². The highest BCUT2D eigenvalue weighted by molar-refractivity contribution is 5.99. The molecule has 1 aromatic carbocycles. The zero-order valence-electron chi connectivity index (χ0n) is 10.7. The van der Waals surface area contributed by atoms with Crippen LogP contribution < -0.4 is 4.74 Å². The molecule has 94 valence electrons. The van der Waals surface area contributed by atoms with E-state index in [0.29, 0.717) is 17.9 Å². The summed E-state index contributed by atoms with van der Waals surface area (Å²) < 4.78 is 10.6. The summed E-state index contributed by atoms with van der Waals surface area (Å²) in [5.74, 6) is 1.29. The van der Waals surface area contributed by atoms with Crippen LogP contribution in [0.4, 0.5) is 0 Å². The van der Waals surface area contributed by atoms with Crippen molar-refractivity contribution in [3.05, 3.63) is 35.5 Å². The van der Waals surface area contributed by atoms with Crippen molar-refractivity contribution < 1.29 is 14.1 Å². The van der Waals surface area contributed by atoms with E-state index in [9.17, 15) is 4.79 Å². The Morgan fingerprint density at radius 2 is 2.22 bits per heavy atom. The maximum absolute atomic E-state index is 11.4. The summed E-state index contributed by atoms with van der Waals surface area (Å²) in [5.41, 5.74) is 2.33. The van der Waals surface area contributed by atoms with E-state index in [2.05, 4.69) is 5.16 Å². The standard InChI is InChI=1S/C14H15NO3/c1-4-17-13-6-5-11(7-9(13)2)14-12(10(3)16)8-15-18-14/h5-8H,4H2,1-3H3. The number of ketones is 1. The molecule has 0 bridgehead atoms. The van der Waals surface area contributed by atoms with Gasteiger partial charge in [-0.05, 0) is 44.5 Å². The molecule has 0 aliphatic heterocycles. The molecule has 1 heterocycles. The summed E-state index contributed by atoms with van der Waals surface area (Å²) in [6, 6.07) is 5.67. The van der Waals surface area contributed by atoms with Crippen LogP contribution in [0.1, 0.15) is 29.8 Å². The first-order valence-electron chi connectivity index (χ1n) is 5.83. The number of carbonyl (C=O) groups excluding carboxylic acids is 1. The number of Topliss-reactive ketones (excluding diaryl/α,β-unsaturated/α-hetero) is 1. The molecule has 4 heteroatoms. The van der Waals surface area contributed by atoms with Crippen LogP contribution in [-0.4, -0.2) is 17.5 Å². The number of rotatable bonds is 4. The van der Waals surface area contributed by atoms with Gasteiger partial charge in [-0.15, -0.1) is 0 Å². The molecule has 0 radical (unpaired) electrons. The predicted molar refractivity (Wildman–Crippen MR) is 67.8 cm³/mol. The van der Waals surface area contributed by atoms with Crippen LogP contribution in [0, 0.1) is 6.92 Å². The van der Waals surface area contributed by atoms with E-state index in [-0.39, 0.29) is 5.78 Å². The van der Waals surface area contributed by atoms with Gasteiger partial charge in [0.2, 0.25) is 0 Å². The van der Waals surface area contributed by atoms with Crippen LogP contribution in [0.15, 0.2) is 28.9 Å². The molecule has 0 aliphatic carbocycles. The second-order valence-electron chi connectivity index (χ2n) is 4.04. The first-order valence-corrected chi connectivity index (χ1v) is 5.83. The molecule has 0 spiro atoms. The summed E-state index contributed by atoms with van der Waals surface area (Å²) >= 11 is 0. The van der Waals surface area contributed by atoms with E-state index < -0.39 is 0 Å². The number of carbonyl (C=O) groups is 1. The normalized spacial score (nSPS) is 10.4. The van der Waals surface area contributed by atoms with E-state index in [1.165, 1.54) is 13.1 Å². The fraction of sp³-hybridized carbons (Fsp3) is 0.286. The molecule has 0 atom stereocenters. The molecule has 0 N–H and O–H groups in total. The summed E-state index contributed by atoms with van der Waals surface area (Å²) in [7, 11) is 0. The molecule has 4 nitrogen and oxygen atoms in total. The lowest BCUT2D eigenvalue weighted by atomic mass is 10.0. The Morgan fingerprint density at radius 1 is 1.44 bits per heavy atom. The third-order valence-corrected chi connectivity index (χ3v) is 2.69. The van der Waals surface area contributed by atoms with Gasteiger partial charge in [-0.3, -0.25) is 4.79 Å². The molecular formula is C14H15NO3. The second kappa shape index (κ2) is 5.04. The molecule has 0 unspecified atom stereocenters. The fourth-order valence-corrected chi connectivity index (χ4v) is 1.81. The number of aryl methyl sites for hydroxylation is 1. The molecule has 2 aromatic rings. The van der Waals surface area contributed by atoms with Crippen LogP contribution in [0.5, 0.6) is 5.75 Å². The summed E-state index contributed by atoms with van der Waals surface area (Å²) in [6.07, 6.45) is 1.45. The number of benzene rings is 1. The zero-order valence-corrected chi connectivity index (χ0v) is 10.7. The lowest BCUT2D eigenvalue weighted by Gasteiger charge is -2.08. The van der Waals surface area contributed by atoms with E-state index >= 15 is 0 Å². The maximum Gasteiger partial charge on any atom is 0.177 e. The number of aromatic nitrogens is 1. The van der Waals surface area contributed by atoms with Gasteiger partial charge >= 0.3 is 0 Å². The van der Waals surface area contributed by atoms with E-state index in [0.717, 1.165) is 16.9 Å². The molecule has 0 fully saturated rings. The highest BCUT2D eigenvalue weighted by Gasteiger charge is 2.15. The summed E-state index contributed by atoms with van der Waals surface area (Å²) in [4.78, 5) is 11.4. The maximum atomic E-state index is 11.4. The van der Waals surface area contributed by atoms with Gasteiger partial charge in [-0.25, -0.2) is 0 Å². The minimum absolute atomic E-state index is 0.0576. The van der Waals surface area contributed by atoms with Crippen molar-refractivity contribution >= 4 is 5.78 Å². The van der Waals surface area contributed by atoms with Crippen molar-refractivity contribution in [3.63, 3.8) is 0 Å². The number of hydrogen-bond acceptors (Lipinski definition) is 4. The average molecular weight is 245 g/mol. The smallest absolute Gasteiger partial charge is 0.177 e. The Morgan fingerprint density at radius 3 is 2.83 bits per heavy atom. The molecule has 2 rings (SSSR count). The summed E-state index contributed by atoms with van der Waals surface area (Å²) in [6.45, 7) is 6.02. The Labute approximate surface area is 106 Å². The van der Waals surface area contributed by atoms with Gasteiger partial charge in [0.05, 0.1) is 18.4 Å². The SMILES string of the molecule is CCOc1ccc(-c2oncc2C(C)=O)cc1C.